The van der Waals surface area contributed by atoms with Gasteiger partial charge in [0, 0.05) is 5.92 Å². The van der Waals surface area contributed by atoms with Crippen LogP contribution in [0.3, 0.4) is 0 Å². The fourth-order valence-electron chi connectivity index (χ4n) is 3.59. The van der Waals surface area contributed by atoms with Crippen LogP contribution < -0.4 is 0 Å². The molecule has 1 fully saturated rings. The minimum atomic E-state index is -0.325. The summed E-state index contributed by atoms with van der Waals surface area (Å²) in [4.78, 5) is 12.6. The molecular weight excluding hydrogens is 196 g/mol. The Morgan fingerprint density at radius 1 is 1.50 bits per heavy atom. The van der Waals surface area contributed by atoms with E-state index in [9.17, 15) is 4.79 Å². The lowest BCUT2D eigenvalue weighted by molar-refractivity contribution is -0.136. The van der Waals surface area contributed by atoms with E-state index >= 15 is 0 Å². The third-order valence-electron chi connectivity index (χ3n) is 5.06. The van der Waals surface area contributed by atoms with Crippen molar-refractivity contribution < 1.29 is 4.79 Å². The molecular formula is C15H22O. The Morgan fingerprint density at radius 2 is 2.12 bits per heavy atom. The summed E-state index contributed by atoms with van der Waals surface area (Å²) >= 11 is 0. The van der Waals surface area contributed by atoms with Crippen molar-refractivity contribution >= 4 is 5.78 Å². The van der Waals surface area contributed by atoms with Crippen LogP contribution in [0.4, 0.5) is 0 Å². The maximum absolute atomic E-state index is 12.6. The van der Waals surface area contributed by atoms with Crippen LogP contribution in [0.5, 0.6) is 0 Å². The van der Waals surface area contributed by atoms with Crippen molar-refractivity contribution in [1.29, 1.82) is 0 Å². The first-order valence-corrected chi connectivity index (χ1v) is 6.28. The van der Waals surface area contributed by atoms with Gasteiger partial charge in [-0.05, 0) is 38.5 Å². The standard InChI is InChI=1S/C15H22O/c1-9(2)15-8-13(7-6-10(15)3)11(4)12(5)14(15)16/h6,11-13H,1,7-8H2,2-5H3. The molecule has 0 aromatic heterocycles. The third kappa shape index (κ3) is 1.27. The van der Waals surface area contributed by atoms with Crippen LogP contribution in [-0.4, -0.2) is 5.78 Å². The molecule has 0 spiro atoms. The Labute approximate surface area is 98.6 Å². The minimum Gasteiger partial charge on any atom is -0.298 e. The molecule has 2 rings (SSSR count). The first-order valence-electron chi connectivity index (χ1n) is 6.28. The average molecular weight is 218 g/mol. The van der Waals surface area contributed by atoms with Crippen LogP contribution in [-0.2, 0) is 4.79 Å². The van der Waals surface area contributed by atoms with Crippen LogP contribution in [0.1, 0.15) is 40.5 Å². The van der Waals surface area contributed by atoms with Crippen molar-refractivity contribution in [3.05, 3.63) is 23.8 Å². The second-order valence-corrected chi connectivity index (χ2v) is 5.78. The van der Waals surface area contributed by atoms with Gasteiger partial charge in [0.15, 0.2) is 0 Å². The maximum Gasteiger partial charge on any atom is 0.150 e. The number of rotatable bonds is 1. The average Bonchev–Trinajstić information content (AvgIpc) is 2.25. The van der Waals surface area contributed by atoms with Gasteiger partial charge in [-0.15, -0.1) is 0 Å². The highest BCUT2D eigenvalue weighted by molar-refractivity contribution is 5.93. The molecule has 0 saturated heterocycles. The summed E-state index contributed by atoms with van der Waals surface area (Å²) in [7, 11) is 0. The molecule has 0 aromatic carbocycles. The van der Waals surface area contributed by atoms with Crippen LogP contribution in [0.15, 0.2) is 23.8 Å². The minimum absolute atomic E-state index is 0.180. The molecule has 0 heterocycles. The molecule has 1 saturated carbocycles. The highest BCUT2D eigenvalue weighted by atomic mass is 16.1. The largest absolute Gasteiger partial charge is 0.298 e. The van der Waals surface area contributed by atoms with E-state index in [4.69, 9.17) is 0 Å². The van der Waals surface area contributed by atoms with Crippen LogP contribution >= 0.6 is 0 Å². The van der Waals surface area contributed by atoms with Crippen LogP contribution in [0, 0.1) is 23.2 Å². The predicted octanol–water partition coefficient (Wildman–Crippen LogP) is 3.76. The lowest BCUT2D eigenvalue weighted by atomic mass is 9.53. The van der Waals surface area contributed by atoms with Gasteiger partial charge in [-0.3, -0.25) is 4.79 Å². The van der Waals surface area contributed by atoms with Crippen molar-refractivity contribution in [3.8, 4) is 0 Å². The SMILES string of the molecule is C=C(C)C12CC(CC=C1C)C(C)C(C)C2=O. The maximum atomic E-state index is 12.6. The van der Waals surface area contributed by atoms with Crippen molar-refractivity contribution in [2.75, 3.05) is 0 Å². The summed E-state index contributed by atoms with van der Waals surface area (Å²) in [5.74, 6) is 1.76. The first kappa shape index (κ1) is 11.6. The molecule has 88 valence electrons. The molecule has 1 heteroatoms. The van der Waals surface area contributed by atoms with Gasteiger partial charge in [-0.25, -0.2) is 0 Å². The topological polar surface area (TPSA) is 17.1 Å². The van der Waals surface area contributed by atoms with Gasteiger partial charge in [0.05, 0.1) is 5.41 Å². The zero-order chi connectivity index (χ0) is 12.1. The van der Waals surface area contributed by atoms with Gasteiger partial charge in [0.2, 0.25) is 0 Å². The van der Waals surface area contributed by atoms with Crippen molar-refractivity contribution in [2.45, 2.75) is 40.5 Å². The van der Waals surface area contributed by atoms with E-state index in [1.54, 1.807) is 0 Å². The van der Waals surface area contributed by atoms with Gasteiger partial charge in [0.25, 0.3) is 0 Å². The van der Waals surface area contributed by atoms with Crippen molar-refractivity contribution in [2.24, 2.45) is 23.2 Å². The van der Waals surface area contributed by atoms with E-state index in [0.29, 0.717) is 17.6 Å². The van der Waals surface area contributed by atoms with Gasteiger partial charge < -0.3 is 0 Å². The Balaban J connectivity index is 2.55. The van der Waals surface area contributed by atoms with Gasteiger partial charge >= 0.3 is 0 Å². The quantitative estimate of drug-likeness (QED) is 0.612. The molecule has 4 unspecified atom stereocenters. The molecule has 0 amide bonds. The number of allylic oxidation sites excluding steroid dienone is 3. The number of hydrogen-bond donors (Lipinski definition) is 0. The summed E-state index contributed by atoms with van der Waals surface area (Å²) in [6.45, 7) is 12.5. The summed E-state index contributed by atoms with van der Waals surface area (Å²) in [5.41, 5.74) is 1.95. The van der Waals surface area contributed by atoms with E-state index in [2.05, 4.69) is 33.4 Å². The molecule has 0 radical (unpaired) electrons. The smallest absolute Gasteiger partial charge is 0.150 e. The molecule has 2 bridgehead atoms. The third-order valence-corrected chi connectivity index (χ3v) is 5.06. The van der Waals surface area contributed by atoms with Crippen molar-refractivity contribution in [3.63, 3.8) is 0 Å². The van der Waals surface area contributed by atoms with Gasteiger partial charge in [-0.1, -0.05) is 37.6 Å². The molecule has 0 N–H and O–H groups in total. The number of Topliss-reactive ketones (excluding diaryl/α,β-unsaturated/α-hetero) is 1. The van der Waals surface area contributed by atoms with E-state index in [-0.39, 0.29) is 11.3 Å². The number of hydrogen-bond acceptors (Lipinski definition) is 1. The number of fused-ring (bicyclic) bond motifs is 2. The molecule has 2 aliphatic rings. The van der Waals surface area contributed by atoms with Crippen LogP contribution in [0.2, 0.25) is 0 Å². The van der Waals surface area contributed by atoms with E-state index in [0.717, 1.165) is 18.4 Å². The summed E-state index contributed by atoms with van der Waals surface area (Å²) in [6.07, 6.45) is 4.40. The number of carbonyl (C=O) groups excluding carboxylic acids is 1. The Bertz CT molecular complexity index is 377. The zero-order valence-corrected chi connectivity index (χ0v) is 10.8. The highest BCUT2D eigenvalue weighted by Crippen LogP contribution is 2.54. The van der Waals surface area contributed by atoms with Crippen LogP contribution in [0.25, 0.3) is 0 Å². The Hall–Kier alpha value is -0.850. The summed E-state index contributed by atoms with van der Waals surface area (Å²) in [5, 5.41) is 0. The fraction of sp³-hybridized carbons (Fsp3) is 0.667. The normalized spacial score (nSPS) is 42.9. The molecule has 1 nitrogen and oxygen atoms in total. The number of carbonyl (C=O) groups is 1. The number of ketones is 1. The zero-order valence-electron chi connectivity index (χ0n) is 10.8. The predicted molar refractivity (Wildman–Crippen MR) is 67.1 cm³/mol. The molecule has 0 aliphatic heterocycles. The fourth-order valence-corrected chi connectivity index (χ4v) is 3.59. The van der Waals surface area contributed by atoms with E-state index in [1.165, 1.54) is 5.57 Å². The lowest BCUT2D eigenvalue weighted by Gasteiger charge is -2.49. The van der Waals surface area contributed by atoms with Gasteiger partial charge in [0.1, 0.15) is 5.78 Å². The van der Waals surface area contributed by atoms with E-state index in [1.807, 2.05) is 6.92 Å². The second kappa shape index (κ2) is 3.58. The Kier molecular flexibility index (Phi) is 2.60. The monoisotopic (exact) mass is 218 g/mol. The molecule has 4 atom stereocenters. The van der Waals surface area contributed by atoms with E-state index < -0.39 is 0 Å². The lowest BCUT2D eigenvalue weighted by Crippen LogP contribution is -2.49. The summed E-state index contributed by atoms with van der Waals surface area (Å²) in [6, 6.07) is 0. The van der Waals surface area contributed by atoms with Crippen molar-refractivity contribution in [1.82, 2.24) is 0 Å². The first-order chi connectivity index (χ1) is 7.41. The molecule has 2 aliphatic carbocycles. The molecule has 16 heavy (non-hydrogen) atoms. The molecule has 0 aromatic rings. The van der Waals surface area contributed by atoms with Gasteiger partial charge in [-0.2, -0.15) is 0 Å². The highest BCUT2D eigenvalue weighted by Gasteiger charge is 2.52. The second-order valence-electron chi connectivity index (χ2n) is 5.78. The summed E-state index contributed by atoms with van der Waals surface area (Å²) < 4.78 is 0. The Morgan fingerprint density at radius 3 is 2.69 bits per heavy atom.